The lowest BCUT2D eigenvalue weighted by Gasteiger charge is -2.19. The van der Waals surface area contributed by atoms with Gasteiger partial charge in [-0.3, -0.25) is 0 Å². The van der Waals surface area contributed by atoms with E-state index in [2.05, 4.69) is 194 Å². The van der Waals surface area contributed by atoms with Crippen LogP contribution in [0.25, 0.3) is 93.6 Å². The smallest absolute Gasteiger partial charge is 0.0541 e. The van der Waals surface area contributed by atoms with E-state index in [-0.39, 0.29) is 0 Å². The molecular weight excluding hydrogens is 639 g/mol. The third kappa shape index (κ3) is 5.31. The molecule has 1 heteroatoms. The first-order valence-corrected chi connectivity index (χ1v) is 18.7. The molecule has 10 rings (SSSR count). The number of para-hydroxylation sites is 1. The Balaban J connectivity index is 1.11. The van der Waals surface area contributed by atoms with Crippen LogP contribution in [0.15, 0.2) is 176 Å². The molecule has 0 fully saturated rings. The molecule has 0 bridgehead atoms. The molecule has 1 aliphatic rings. The highest BCUT2D eigenvalue weighted by atomic mass is 15.0. The lowest BCUT2D eigenvalue weighted by atomic mass is 9.84. The van der Waals surface area contributed by atoms with Gasteiger partial charge in [-0.15, -0.1) is 0 Å². The minimum absolute atomic E-state index is 1.08. The van der Waals surface area contributed by atoms with E-state index in [1.807, 2.05) is 0 Å². The van der Waals surface area contributed by atoms with Gasteiger partial charge in [0.05, 0.1) is 11.0 Å². The Morgan fingerprint density at radius 1 is 0.377 bits per heavy atom. The van der Waals surface area contributed by atoms with Crippen LogP contribution in [0.2, 0.25) is 0 Å². The van der Waals surface area contributed by atoms with Crippen molar-refractivity contribution >= 4 is 49.0 Å². The molecule has 0 atom stereocenters. The van der Waals surface area contributed by atoms with Crippen molar-refractivity contribution < 1.29 is 0 Å². The largest absolute Gasteiger partial charge is 0.310 e. The molecule has 0 saturated heterocycles. The Morgan fingerprint density at radius 2 is 0.906 bits per heavy atom. The van der Waals surface area contributed by atoms with Crippen molar-refractivity contribution in [3.05, 3.63) is 187 Å². The first-order chi connectivity index (χ1) is 26.1. The van der Waals surface area contributed by atoms with Crippen LogP contribution < -0.4 is 0 Å². The second-order valence-corrected chi connectivity index (χ2v) is 14.6. The predicted molar refractivity (Wildman–Crippen MR) is 228 cm³/mol. The molecule has 0 spiro atoms. The molecule has 8 aromatic carbocycles. The third-order valence-electron chi connectivity index (χ3n) is 11.1. The zero-order valence-electron chi connectivity index (χ0n) is 30.1. The van der Waals surface area contributed by atoms with Crippen molar-refractivity contribution in [1.82, 2.24) is 4.57 Å². The summed E-state index contributed by atoms with van der Waals surface area (Å²) >= 11 is 0. The summed E-state index contributed by atoms with van der Waals surface area (Å²) in [5.41, 5.74) is 16.3. The first kappa shape index (κ1) is 31.3. The molecule has 0 amide bonds. The maximum atomic E-state index is 2.43. The van der Waals surface area contributed by atoms with Crippen LogP contribution in [0.3, 0.4) is 0 Å². The Bertz CT molecular complexity index is 2920. The van der Waals surface area contributed by atoms with E-state index >= 15 is 0 Å². The molecule has 1 nitrogen and oxygen atoms in total. The maximum absolute atomic E-state index is 2.43. The van der Waals surface area contributed by atoms with Crippen molar-refractivity contribution in [2.24, 2.45) is 0 Å². The molecule has 1 heterocycles. The fourth-order valence-electron chi connectivity index (χ4n) is 8.56. The highest BCUT2D eigenvalue weighted by Crippen LogP contribution is 2.45. The number of benzene rings is 8. The number of nitrogens with zero attached hydrogens (tertiary/aromatic N) is 1. The molecule has 9 aromatic rings. The molecule has 1 aromatic heterocycles. The van der Waals surface area contributed by atoms with Crippen LogP contribution in [0.1, 0.15) is 24.0 Å². The van der Waals surface area contributed by atoms with E-state index in [4.69, 9.17) is 0 Å². The Kier molecular flexibility index (Phi) is 7.47. The van der Waals surface area contributed by atoms with Gasteiger partial charge in [0.2, 0.25) is 0 Å². The molecule has 0 aliphatic heterocycles. The SMILES string of the molecule is Cc1ccc2c(-c3ccc(-c4ccc5c(c4)c4ccccc4n5C4=CCCC=C4)cc3)c3cc(C)ccc3c(-c3ccc(-c4ccccc4)cc3)c2c1. The van der Waals surface area contributed by atoms with Gasteiger partial charge in [0, 0.05) is 16.5 Å². The van der Waals surface area contributed by atoms with Gasteiger partial charge in [0.15, 0.2) is 0 Å². The van der Waals surface area contributed by atoms with Gasteiger partial charge in [0.25, 0.3) is 0 Å². The number of allylic oxidation sites excluding steroid dienone is 4. The Morgan fingerprint density at radius 3 is 1.53 bits per heavy atom. The molecule has 0 N–H and O–H groups in total. The molecule has 53 heavy (non-hydrogen) atoms. The summed E-state index contributed by atoms with van der Waals surface area (Å²) in [6, 6.07) is 58.7. The highest BCUT2D eigenvalue weighted by molar-refractivity contribution is 6.21. The fourth-order valence-corrected chi connectivity index (χ4v) is 8.56. The number of hydrogen-bond acceptors (Lipinski definition) is 0. The van der Waals surface area contributed by atoms with E-state index in [1.165, 1.54) is 105 Å². The Hall–Kier alpha value is -6.44. The fraction of sp³-hybridized carbons (Fsp3) is 0.0769. The van der Waals surface area contributed by atoms with Crippen LogP contribution in [-0.4, -0.2) is 4.57 Å². The van der Waals surface area contributed by atoms with Gasteiger partial charge in [-0.25, -0.2) is 0 Å². The van der Waals surface area contributed by atoms with E-state index in [1.54, 1.807) is 0 Å². The summed E-state index contributed by atoms with van der Waals surface area (Å²) in [5.74, 6) is 0. The average molecular weight is 678 g/mol. The van der Waals surface area contributed by atoms with Gasteiger partial charge in [-0.05, 0) is 117 Å². The van der Waals surface area contributed by atoms with E-state index in [0.29, 0.717) is 0 Å². The van der Waals surface area contributed by atoms with E-state index in [0.717, 1.165) is 12.8 Å². The summed E-state index contributed by atoms with van der Waals surface area (Å²) in [6.07, 6.45) is 9.12. The van der Waals surface area contributed by atoms with Crippen molar-refractivity contribution in [2.75, 3.05) is 0 Å². The van der Waals surface area contributed by atoms with Crippen LogP contribution in [-0.2, 0) is 0 Å². The highest BCUT2D eigenvalue weighted by Gasteiger charge is 2.19. The predicted octanol–water partition coefficient (Wildman–Crippen LogP) is 14.6. The van der Waals surface area contributed by atoms with Crippen molar-refractivity contribution in [3.63, 3.8) is 0 Å². The normalized spacial score (nSPS) is 13.0. The number of aryl methyl sites for hydroxylation is 2. The maximum Gasteiger partial charge on any atom is 0.0541 e. The molecule has 0 radical (unpaired) electrons. The molecule has 0 unspecified atom stereocenters. The first-order valence-electron chi connectivity index (χ1n) is 18.7. The van der Waals surface area contributed by atoms with Crippen LogP contribution in [0.5, 0.6) is 0 Å². The van der Waals surface area contributed by atoms with Gasteiger partial charge in [-0.2, -0.15) is 0 Å². The quantitative estimate of drug-likeness (QED) is 0.160. The van der Waals surface area contributed by atoms with E-state index in [9.17, 15) is 0 Å². The molecule has 0 saturated carbocycles. The summed E-state index contributed by atoms with van der Waals surface area (Å²) in [6.45, 7) is 4.40. The zero-order chi connectivity index (χ0) is 35.5. The van der Waals surface area contributed by atoms with Gasteiger partial charge >= 0.3 is 0 Å². The number of hydrogen-bond donors (Lipinski definition) is 0. The lowest BCUT2D eigenvalue weighted by molar-refractivity contribution is 1.02. The summed E-state index contributed by atoms with van der Waals surface area (Å²) in [4.78, 5) is 0. The van der Waals surface area contributed by atoms with Crippen LogP contribution in [0.4, 0.5) is 0 Å². The summed E-state index contributed by atoms with van der Waals surface area (Å²) < 4.78 is 2.43. The van der Waals surface area contributed by atoms with Gasteiger partial charge in [-0.1, -0.05) is 163 Å². The minimum atomic E-state index is 1.08. The van der Waals surface area contributed by atoms with Gasteiger partial charge in [0.1, 0.15) is 0 Å². The van der Waals surface area contributed by atoms with Crippen LogP contribution in [0, 0.1) is 13.8 Å². The van der Waals surface area contributed by atoms with Crippen molar-refractivity contribution in [2.45, 2.75) is 26.7 Å². The second kappa shape index (κ2) is 12.7. The van der Waals surface area contributed by atoms with Crippen molar-refractivity contribution in [1.29, 1.82) is 0 Å². The van der Waals surface area contributed by atoms with E-state index < -0.39 is 0 Å². The second-order valence-electron chi connectivity index (χ2n) is 14.6. The van der Waals surface area contributed by atoms with Gasteiger partial charge < -0.3 is 4.57 Å². The summed E-state index contributed by atoms with van der Waals surface area (Å²) in [7, 11) is 0. The zero-order valence-corrected chi connectivity index (χ0v) is 30.1. The Labute approximate surface area is 310 Å². The molecular formula is C52H39N. The standard InChI is InChI=1S/C52H39N/c1-34-18-29-45-47(31-34)51(39-23-19-37(20-24-39)36-11-5-3-6-12-36)44-28-17-35(2)32-48(44)52(45)40-25-21-38(22-26-40)41-27-30-50-46(33-41)43-15-9-10-16-49(43)53(50)42-13-7-4-8-14-42/h3,5-7,9-33H,4,8H2,1-2H3. The topological polar surface area (TPSA) is 4.93 Å². The summed E-state index contributed by atoms with van der Waals surface area (Å²) in [5, 5.41) is 7.72. The third-order valence-corrected chi connectivity index (χ3v) is 11.1. The molecule has 252 valence electrons. The number of aromatic nitrogens is 1. The monoisotopic (exact) mass is 677 g/mol. The lowest BCUT2D eigenvalue weighted by Crippen LogP contribution is -1.96. The number of fused-ring (bicyclic) bond motifs is 5. The number of rotatable bonds is 5. The molecule has 1 aliphatic carbocycles. The minimum Gasteiger partial charge on any atom is -0.310 e. The average Bonchev–Trinajstić information content (AvgIpc) is 3.54. The van der Waals surface area contributed by atoms with Crippen LogP contribution >= 0.6 is 0 Å². The van der Waals surface area contributed by atoms with Crippen molar-refractivity contribution in [3.8, 4) is 44.5 Å².